The molecule has 9 nitrogen and oxygen atoms in total. The van der Waals surface area contributed by atoms with Crippen LogP contribution in [0.4, 0.5) is 5.82 Å². The van der Waals surface area contributed by atoms with Gasteiger partial charge in [0.25, 0.3) is 0 Å². The Balaban J connectivity index is 0.00000432. The van der Waals surface area contributed by atoms with Crippen molar-refractivity contribution in [3.05, 3.63) is 41.7 Å². The first kappa shape index (κ1) is 29.3. The van der Waals surface area contributed by atoms with E-state index in [9.17, 15) is 14.7 Å². The Morgan fingerprint density at radius 3 is 2.46 bits per heavy atom. The van der Waals surface area contributed by atoms with Crippen LogP contribution in [0.5, 0.6) is 0 Å². The van der Waals surface area contributed by atoms with Crippen LogP contribution >= 0.6 is 0 Å². The van der Waals surface area contributed by atoms with Crippen molar-refractivity contribution in [1.82, 2.24) is 9.38 Å². The zero-order valence-electron chi connectivity index (χ0n) is 20.9. The first-order valence-electron chi connectivity index (χ1n) is 11.4. The Morgan fingerprint density at radius 1 is 1.31 bits per heavy atom. The van der Waals surface area contributed by atoms with Crippen molar-refractivity contribution in [3.63, 3.8) is 0 Å². The Morgan fingerprint density at radius 2 is 1.94 bits per heavy atom. The van der Waals surface area contributed by atoms with Crippen LogP contribution in [0.2, 0.25) is 0 Å². The second kappa shape index (κ2) is 11.4. The molecule has 0 aromatic carbocycles. The summed E-state index contributed by atoms with van der Waals surface area (Å²) in [5, 5.41) is 9.55. The van der Waals surface area contributed by atoms with Gasteiger partial charge in [-0.2, -0.15) is 0 Å². The molecule has 1 fully saturated rings. The number of aryl methyl sites for hydroxylation is 1. The molecule has 10 heteroatoms. The number of anilines is 1. The van der Waals surface area contributed by atoms with Gasteiger partial charge in [0.15, 0.2) is 11.8 Å². The molecule has 0 saturated carbocycles. The number of piperidine rings is 1. The van der Waals surface area contributed by atoms with Gasteiger partial charge in [0, 0.05) is 24.8 Å². The zero-order valence-corrected chi connectivity index (χ0v) is 20.9. The standard InChI is InChI=1S/C25H35N3O6.Na.H/c1-8-13-33-25(6)9-11-27(12-10-25)21-19(20(23(31)32-7)34-24(3,4)5)16(2)14-18-26-17(22(29)30)15-28(18)21;;/h8,14-15,20H,1,9-13H2,2-7H3,(H,29,30);;/t20-;;/m0../s1. The monoisotopic (exact) mass is 497 g/mol. The number of ether oxygens (including phenoxy) is 3. The topological polar surface area (TPSA) is 103 Å². The summed E-state index contributed by atoms with van der Waals surface area (Å²) in [6, 6.07) is 1.77. The summed E-state index contributed by atoms with van der Waals surface area (Å²) in [7, 11) is 1.33. The molecule has 1 aliphatic rings. The van der Waals surface area contributed by atoms with Crippen LogP contribution < -0.4 is 4.90 Å². The van der Waals surface area contributed by atoms with Crippen molar-refractivity contribution in [2.75, 3.05) is 31.7 Å². The van der Waals surface area contributed by atoms with Crippen molar-refractivity contribution in [2.45, 2.75) is 64.8 Å². The maximum absolute atomic E-state index is 12.9. The second-order valence-corrected chi connectivity index (χ2v) is 9.89. The fourth-order valence-electron chi connectivity index (χ4n) is 4.27. The molecule has 3 rings (SSSR count). The van der Waals surface area contributed by atoms with Gasteiger partial charge < -0.3 is 24.2 Å². The molecule has 0 amide bonds. The summed E-state index contributed by atoms with van der Waals surface area (Å²) in [5.41, 5.74) is 0.904. The SMILES string of the molecule is C=CCOC1(C)CCN(c2c([C@H](OC(C)(C)C)C(=O)OC)c(C)cc3nc(C(=O)O)cn23)CC1.[NaH]. The number of aromatic carboxylic acids is 1. The molecule has 2 aromatic heterocycles. The van der Waals surface area contributed by atoms with Gasteiger partial charge in [0.2, 0.25) is 0 Å². The van der Waals surface area contributed by atoms with Crippen molar-refractivity contribution in [3.8, 4) is 0 Å². The fourth-order valence-corrected chi connectivity index (χ4v) is 4.27. The number of esters is 1. The number of rotatable bonds is 8. The number of aromatic nitrogens is 2. The van der Waals surface area contributed by atoms with E-state index in [0.29, 0.717) is 36.7 Å². The quantitative estimate of drug-likeness (QED) is 0.337. The van der Waals surface area contributed by atoms with Gasteiger partial charge in [0.1, 0.15) is 11.5 Å². The maximum atomic E-state index is 12.9. The Hall–Kier alpha value is -1.91. The van der Waals surface area contributed by atoms with Gasteiger partial charge in [-0.25, -0.2) is 14.6 Å². The number of hydrogen-bond acceptors (Lipinski definition) is 7. The van der Waals surface area contributed by atoms with E-state index in [1.165, 1.54) is 13.3 Å². The summed E-state index contributed by atoms with van der Waals surface area (Å²) >= 11 is 0. The second-order valence-electron chi connectivity index (χ2n) is 9.89. The zero-order chi connectivity index (χ0) is 25.3. The number of methoxy groups -OCH3 is 1. The van der Waals surface area contributed by atoms with Crippen LogP contribution in [0, 0.1) is 6.92 Å². The molecular weight excluding hydrogens is 461 g/mol. The van der Waals surface area contributed by atoms with E-state index in [4.69, 9.17) is 14.2 Å². The Kier molecular flexibility index (Phi) is 9.58. The molecule has 0 radical (unpaired) electrons. The molecule has 1 N–H and O–H groups in total. The molecule has 3 heterocycles. The third kappa shape index (κ3) is 6.65. The van der Waals surface area contributed by atoms with Crippen molar-refractivity contribution < 1.29 is 28.9 Å². The number of imidazole rings is 1. The number of nitrogens with zero attached hydrogens (tertiary/aromatic N) is 3. The van der Waals surface area contributed by atoms with E-state index in [1.54, 1.807) is 16.5 Å². The normalized spacial score (nSPS) is 16.5. The van der Waals surface area contributed by atoms with Crippen LogP contribution in [0.1, 0.15) is 68.3 Å². The van der Waals surface area contributed by atoms with Crippen LogP contribution in [0.15, 0.2) is 24.9 Å². The van der Waals surface area contributed by atoms with E-state index in [-0.39, 0.29) is 40.9 Å². The number of carboxylic acid groups (broad SMARTS) is 1. The van der Waals surface area contributed by atoms with Gasteiger partial charge in [-0.05, 0) is 59.1 Å². The number of carbonyl (C=O) groups excluding carboxylic acids is 1. The summed E-state index contributed by atoms with van der Waals surface area (Å²) in [6.07, 6.45) is 3.73. The summed E-state index contributed by atoms with van der Waals surface area (Å²) in [6.45, 7) is 15.1. The van der Waals surface area contributed by atoms with Crippen molar-refractivity contribution in [2.24, 2.45) is 0 Å². The molecule has 2 aromatic rings. The van der Waals surface area contributed by atoms with Crippen LogP contribution in [-0.2, 0) is 19.0 Å². The summed E-state index contributed by atoms with van der Waals surface area (Å²) in [5.74, 6) is -0.956. The molecular formula is C25H36N3NaO6. The van der Waals surface area contributed by atoms with Crippen molar-refractivity contribution in [1.29, 1.82) is 0 Å². The van der Waals surface area contributed by atoms with E-state index in [0.717, 1.165) is 18.4 Å². The molecule has 1 aliphatic heterocycles. The van der Waals surface area contributed by atoms with Gasteiger partial charge >= 0.3 is 41.5 Å². The van der Waals surface area contributed by atoms with Crippen LogP contribution in [-0.4, -0.2) is 94.0 Å². The first-order chi connectivity index (χ1) is 15.9. The number of pyridine rings is 1. The first-order valence-corrected chi connectivity index (χ1v) is 11.4. The molecule has 0 unspecified atom stereocenters. The van der Waals surface area contributed by atoms with Gasteiger partial charge in [-0.3, -0.25) is 4.40 Å². The number of carboxylic acids is 1. The van der Waals surface area contributed by atoms with Crippen LogP contribution in [0.25, 0.3) is 5.65 Å². The van der Waals surface area contributed by atoms with E-state index >= 15 is 0 Å². The molecule has 1 atom stereocenters. The number of carbonyl (C=O) groups is 2. The van der Waals surface area contributed by atoms with Gasteiger partial charge in [-0.15, -0.1) is 6.58 Å². The molecule has 0 aliphatic carbocycles. The number of fused-ring (bicyclic) bond motifs is 1. The predicted octanol–water partition coefficient (Wildman–Crippen LogP) is 3.28. The van der Waals surface area contributed by atoms with E-state index in [2.05, 4.69) is 23.4 Å². The minimum atomic E-state index is -1.12. The third-order valence-corrected chi connectivity index (χ3v) is 6.01. The van der Waals surface area contributed by atoms with Crippen molar-refractivity contribution >= 4 is 53.0 Å². The number of hydrogen-bond donors (Lipinski definition) is 1. The Bertz CT molecular complexity index is 1080. The Labute approximate surface area is 228 Å². The fraction of sp³-hybridized carbons (Fsp3) is 0.560. The molecule has 1 saturated heterocycles. The molecule has 35 heavy (non-hydrogen) atoms. The van der Waals surface area contributed by atoms with Gasteiger partial charge in [-0.1, -0.05) is 6.08 Å². The average Bonchev–Trinajstić information content (AvgIpc) is 3.19. The molecule has 0 bridgehead atoms. The predicted molar refractivity (Wildman–Crippen MR) is 136 cm³/mol. The van der Waals surface area contributed by atoms with Gasteiger partial charge in [0.05, 0.1) is 24.9 Å². The van der Waals surface area contributed by atoms with Crippen LogP contribution in [0.3, 0.4) is 0 Å². The minimum absolute atomic E-state index is 0. The molecule has 188 valence electrons. The molecule has 0 spiro atoms. The summed E-state index contributed by atoms with van der Waals surface area (Å²) in [4.78, 5) is 31.0. The van der Waals surface area contributed by atoms with E-state index < -0.39 is 23.6 Å². The summed E-state index contributed by atoms with van der Waals surface area (Å²) < 4.78 is 19.1. The third-order valence-electron chi connectivity index (χ3n) is 6.01. The average molecular weight is 498 g/mol. The van der Waals surface area contributed by atoms with E-state index in [1.807, 2.05) is 27.7 Å².